The zero-order chi connectivity index (χ0) is 53.9. The van der Waals surface area contributed by atoms with Gasteiger partial charge in [-0.1, -0.05) is 246 Å². The Bertz CT molecular complexity index is 4170. The molecule has 12 aromatic carbocycles. The first-order chi connectivity index (χ1) is 38.5. The number of hydrogen-bond acceptors (Lipinski definition) is 2. The first-order valence-electron chi connectivity index (χ1n) is 27.8. The minimum absolute atomic E-state index is 0.181. The SMILES string of the molecule is C[Si](C)(C)C1([Si](C)(C)C)c2cc(N(c3ccccc3)c3ccc(-c4ccccc4)cc3-c3ccccc3)ccc2-c2c1c1ccc(N(c3ccccc3)c3ccc(-c4ccccc4)cc3-c3ccccc3)cc1c1ccccc21. The van der Waals surface area contributed by atoms with Crippen molar-refractivity contribution in [1.82, 2.24) is 0 Å². The molecule has 0 atom stereocenters. The van der Waals surface area contributed by atoms with Crippen LogP contribution in [0.3, 0.4) is 0 Å². The van der Waals surface area contributed by atoms with Crippen LogP contribution in [0.15, 0.2) is 279 Å². The molecule has 1 aliphatic rings. The van der Waals surface area contributed by atoms with Crippen molar-refractivity contribution < 1.29 is 0 Å². The Hall–Kier alpha value is -8.81. The van der Waals surface area contributed by atoms with E-state index in [1.165, 1.54) is 94.0 Å². The maximum absolute atomic E-state index is 2.65. The van der Waals surface area contributed by atoms with Gasteiger partial charge in [-0.2, -0.15) is 0 Å². The Morgan fingerprint density at radius 2 is 0.658 bits per heavy atom. The van der Waals surface area contributed by atoms with E-state index < -0.39 is 16.1 Å². The Labute approximate surface area is 468 Å². The molecule has 12 aromatic rings. The monoisotopic (exact) mass is 1050 g/mol. The quantitative estimate of drug-likeness (QED) is 0.0889. The third-order valence-corrected chi connectivity index (χ3v) is 26.8. The molecule has 0 radical (unpaired) electrons. The highest BCUT2D eigenvalue weighted by atomic mass is 28.4. The van der Waals surface area contributed by atoms with E-state index in [2.05, 4.69) is 328 Å². The largest absolute Gasteiger partial charge is 0.310 e. The number of rotatable bonds is 12. The summed E-state index contributed by atoms with van der Waals surface area (Å²) < 4.78 is -0.181. The van der Waals surface area contributed by atoms with Crippen molar-refractivity contribution in [2.24, 2.45) is 0 Å². The molecule has 0 aromatic heterocycles. The Morgan fingerprint density at radius 3 is 1.11 bits per heavy atom. The summed E-state index contributed by atoms with van der Waals surface area (Å²) in [6.07, 6.45) is 0. The molecule has 0 fully saturated rings. The molecule has 0 bridgehead atoms. The number of benzene rings is 12. The highest BCUT2D eigenvalue weighted by Crippen LogP contribution is 2.63. The van der Waals surface area contributed by atoms with Crippen LogP contribution in [0.25, 0.3) is 77.2 Å². The predicted octanol–water partition coefficient (Wildman–Crippen LogP) is 21.6. The van der Waals surface area contributed by atoms with Crippen molar-refractivity contribution in [3.63, 3.8) is 0 Å². The molecule has 0 amide bonds. The Morgan fingerprint density at radius 1 is 0.266 bits per heavy atom. The molecule has 382 valence electrons. The standard InChI is InChI=1S/C75H64N2Si2/c1-78(2,3)75(79(4,5)6)70-52-62(77(60-37-23-12-24-38-60)72-48-42-58(54-29-15-8-16-30-54)50-68(72)56-33-19-10-20-34-56)44-46-66(70)73-64-40-26-25-39-63(64)69-51-61(43-45-65(69)74(73)75)76(59-35-21-11-22-36-59)71-47-41-57(53-27-13-7-14-28-53)49-67(71)55-31-17-9-18-32-55/h7-52H,1-6H3. The van der Waals surface area contributed by atoms with Crippen molar-refractivity contribution >= 4 is 71.8 Å². The maximum Gasteiger partial charge on any atom is 0.0579 e. The summed E-state index contributed by atoms with van der Waals surface area (Å²) in [5, 5.41) is 5.25. The van der Waals surface area contributed by atoms with Gasteiger partial charge in [0.05, 0.1) is 27.5 Å². The van der Waals surface area contributed by atoms with Crippen molar-refractivity contribution in [1.29, 1.82) is 0 Å². The van der Waals surface area contributed by atoms with Gasteiger partial charge < -0.3 is 9.80 Å². The van der Waals surface area contributed by atoms with Crippen LogP contribution in [0.1, 0.15) is 11.1 Å². The van der Waals surface area contributed by atoms with E-state index in [-0.39, 0.29) is 4.66 Å². The first-order valence-corrected chi connectivity index (χ1v) is 34.8. The molecule has 2 nitrogen and oxygen atoms in total. The number of anilines is 6. The van der Waals surface area contributed by atoms with Gasteiger partial charge in [-0.3, -0.25) is 0 Å². The maximum atomic E-state index is 2.65. The third-order valence-electron chi connectivity index (χ3n) is 16.7. The molecule has 1 aliphatic carbocycles. The summed E-state index contributed by atoms with van der Waals surface area (Å²) >= 11 is 0. The van der Waals surface area contributed by atoms with Crippen molar-refractivity contribution in [3.05, 3.63) is 290 Å². The van der Waals surface area contributed by atoms with Gasteiger partial charge in [0.25, 0.3) is 0 Å². The lowest BCUT2D eigenvalue weighted by molar-refractivity contribution is 0.962. The lowest BCUT2D eigenvalue weighted by Crippen LogP contribution is -2.63. The highest BCUT2D eigenvalue weighted by molar-refractivity contribution is 7.00. The van der Waals surface area contributed by atoms with E-state index in [0.717, 1.165) is 28.4 Å². The fourth-order valence-corrected chi connectivity index (χ4v) is 26.8. The minimum atomic E-state index is -2.23. The lowest BCUT2D eigenvalue weighted by Gasteiger charge is -2.52. The molecule has 0 unspecified atom stereocenters. The van der Waals surface area contributed by atoms with Crippen LogP contribution in [0.5, 0.6) is 0 Å². The van der Waals surface area contributed by atoms with Crippen molar-refractivity contribution in [3.8, 4) is 55.6 Å². The van der Waals surface area contributed by atoms with Crippen LogP contribution in [0, 0.1) is 0 Å². The molecular formula is C75H64N2Si2. The second-order valence-electron chi connectivity index (χ2n) is 23.3. The van der Waals surface area contributed by atoms with Crippen LogP contribution in [-0.4, -0.2) is 16.1 Å². The van der Waals surface area contributed by atoms with E-state index in [4.69, 9.17) is 0 Å². The predicted molar refractivity (Wildman–Crippen MR) is 345 cm³/mol. The minimum Gasteiger partial charge on any atom is -0.310 e. The van der Waals surface area contributed by atoms with Crippen molar-refractivity contribution in [2.75, 3.05) is 9.80 Å². The van der Waals surface area contributed by atoms with Gasteiger partial charge in [0.15, 0.2) is 0 Å². The molecule has 0 saturated heterocycles. The molecule has 0 heterocycles. The smallest absolute Gasteiger partial charge is 0.0579 e. The van der Waals surface area contributed by atoms with E-state index in [9.17, 15) is 0 Å². The molecule has 79 heavy (non-hydrogen) atoms. The van der Waals surface area contributed by atoms with Crippen LogP contribution < -0.4 is 9.80 Å². The van der Waals surface area contributed by atoms with Crippen molar-refractivity contribution in [2.45, 2.75) is 43.9 Å². The molecule has 0 aliphatic heterocycles. The summed E-state index contributed by atoms with van der Waals surface area (Å²) in [6.45, 7) is 15.9. The second kappa shape index (κ2) is 19.9. The zero-order valence-corrected chi connectivity index (χ0v) is 48.0. The number of fused-ring (bicyclic) bond motifs is 8. The van der Waals surface area contributed by atoms with Gasteiger partial charge in [0, 0.05) is 38.5 Å². The van der Waals surface area contributed by atoms with Gasteiger partial charge in [0.1, 0.15) is 0 Å². The summed E-state index contributed by atoms with van der Waals surface area (Å²) in [5.74, 6) is 0. The number of hydrogen-bond donors (Lipinski definition) is 0. The van der Waals surface area contributed by atoms with E-state index in [1.807, 2.05) is 0 Å². The Balaban J connectivity index is 1.06. The molecule has 0 saturated carbocycles. The topological polar surface area (TPSA) is 6.48 Å². The Kier molecular flexibility index (Phi) is 12.5. The molecule has 4 heteroatoms. The molecular weight excluding hydrogens is 985 g/mol. The average Bonchev–Trinajstić information content (AvgIpc) is 2.93. The number of nitrogens with zero attached hydrogens (tertiary/aromatic N) is 2. The molecule has 13 rings (SSSR count). The zero-order valence-electron chi connectivity index (χ0n) is 46.0. The second-order valence-corrected chi connectivity index (χ2v) is 34.3. The first kappa shape index (κ1) is 49.7. The van der Waals surface area contributed by atoms with Crippen LogP contribution in [0.2, 0.25) is 39.3 Å². The van der Waals surface area contributed by atoms with Crippen LogP contribution >= 0.6 is 0 Å². The molecule has 0 N–H and O–H groups in total. The average molecular weight is 1050 g/mol. The summed E-state index contributed by atoms with van der Waals surface area (Å²) in [6, 6.07) is 104. The van der Waals surface area contributed by atoms with E-state index >= 15 is 0 Å². The fourth-order valence-electron chi connectivity index (χ4n) is 13.8. The van der Waals surface area contributed by atoms with Gasteiger partial charge in [0.2, 0.25) is 0 Å². The van der Waals surface area contributed by atoms with E-state index in [1.54, 1.807) is 0 Å². The van der Waals surface area contributed by atoms with Gasteiger partial charge in [-0.25, -0.2) is 0 Å². The summed E-state index contributed by atoms with van der Waals surface area (Å²) in [4.78, 5) is 5.01. The third kappa shape index (κ3) is 8.46. The number of para-hydroxylation sites is 2. The van der Waals surface area contributed by atoms with Gasteiger partial charge in [-0.15, -0.1) is 0 Å². The normalized spacial score (nSPS) is 12.8. The van der Waals surface area contributed by atoms with Crippen LogP contribution in [-0.2, 0) is 4.66 Å². The summed E-state index contributed by atoms with van der Waals surface area (Å²) in [7, 11) is -4.46. The molecule has 0 spiro atoms. The van der Waals surface area contributed by atoms with Crippen LogP contribution in [0.4, 0.5) is 34.1 Å². The fraction of sp³-hybridized carbons (Fsp3) is 0.0933. The highest BCUT2D eigenvalue weighted by Gasteiger charge is 2.60. The van der Waals surface area contributed by atoms with E-state index in [0.29, 0.717) is 0 Å². The summed E-state index contributed by atoms with van der Waals surface area (Å²) in [5.41, 5.74) is 22.2. The lowest BCUT2D eigenvalue weighted by atomic mass is 9.90. The van der Waals surface area contributed by atoms with Gasteiger partial charge in [-0.05, 0) is 150 Å². The van der Waals surface area contributed by atoms with Gasteiger partial charge >= 0.3 is 0 Å².